The molecule has 154 valence electrons. The Morgan fingerprint density at radius 2 is 1.86 bits per heavy atom. The zero-order valence-electron chi connectivity index (χ0n) is 15.2. The number of halogens is 2. The fourth-order valence-electron chi connectivity index (χ4n) is 2.26. The van der Waals surface area contributed by atoms with Crippen molar-refractivity contribution in [3.63, 3.8) is 0 Å². The minimum Gasteiger partial charge on any atom is -0.452 e. The Labute approximate surface area is 163 Å². The van der Waals surface area contributed by atoms with Gasteiger partial charge >= 0.3 is 5.97 Å². The number of ether oxygens (including phenoxy) is 2. The maximum atomic E-state index is 13.6. The smallest absolute Gasteiger partial charge is 0.341 e. The van der Waals surface area contributed by atoms with Gasteiger partial charge in [-0.1, -0.05) is 6.07 Å². The van der Waals surface area contributed by atoms with E-state index in [0.29, 0.717) is 13.2 Å². The minimum atomic E-state index is -1.03. The Bertz CT molecular complexity index is 902. The Kier molecular flexibility index (Phi) is 7.54. The molecule has 0 aliphatic heterocycles. The van der Waals surface area contributed by atoms with E-state index in [1.165, 1.54) is 19.2 Å². The molecule has 0 aromatic heterocycles. The fraction of sp³-hybridized carbons (Fsp3) is 0.222. The van der Waals surface area contributed by atoms with Crippen LogP contribution in [-0.4, -0.2) is 43.7 Å². The molecule has 0 aliphatic rings. The van der Waals surface area contributed by atoms with Crippen LogP contribution in [0.1, 0.15) is 10.4 Å². The molecule has 0 saturated heterocycles. The number of nitrogens with zero attached hydrogens (tertiary/aromatic N) is 1. The third-order valence-corrected chi connectivity index (χ3v) is 3.62. The molecule has 0 aliphatic carbocycles. The Balaban J connectivity index is 2.09. The number of benzene rings is 2. The molecule has 0 unspecified atom stereocenters. The van der Waals surface area contributed by atoms with Crippen molar-refractivity contribution in [3.05, 3.63) is 63.7 Å². The van der Waals surface area contributed by atoms with Gasteiger partial charge in [-0.2, -0.15) is 0 Å². The quantitative estimate of drug-likeness (QED) is 0.283. The van der Waals surface area contributed by atoms with Crippen molar-refractivity contribution < 1.29 is 32.8 Å². The number of para-hydroxylation sites is 1. The number of non-ortho nitro benzene ring substituents is 1. The second-order valence-electron chi connectivity index (χ2n) is 5.63. The van der Waals surface area contributed by atoms with Crippen LogP contribution in [0.3, 0.4) is 0 Å². The van der Waals surface area contributed by atoms with Gasteiger partial charge in [-0.05, 0) is 18.2 Å². The first-order valence-corrected chi connectivity index (χ1v) is 8.25. The summed E-state index contributed by atoms with van der Waals surface area (Å²) in [6, 6.07) is 6.53. The third kappa shape index (κ3) is 5.94. The lowest BCUT2D eigenvalue weighted by molar-refractivity contribution is -0.384. The van der Waals surface area contributed by atoms with E-state index in [9.17, 15) is 28.5 Å². The molecule has 0 heterocycles. The maximum Gasteiger partial charge on any atom is 0.341 e. The number of nitro groups is 1. The lowest BCUT2D eigenvalue weighted by atomic mass is 10.1. The number of nitrogens with one attached hydrogen (secondary N) is 2. The number of methoxy groups -OCH3 is 1. The Morgan fingerprint density at radius 3 is 2.48 bits per heavy atom. The van der Waals surface area contributed by atoms with E-state index in [2.05, 4.69) is 5.32 Å². The highest BCUT2D eigenvalue weighted by atomic mass is 19.1. The van der Waals surface area contributed by atoms with Gasteiger partial charge in [-0.3, -0.25) is 14.9 Å². The Hall–Kier alpha value is -3.60. The minimum absolute atomic E-state index is 0.180. The van der Waals surface area contributed by atoms with E-state index in [4.69, 9.17) is 9.47 Å². The van der Waals surface area contributed by atoms with Gasteiger partial charge < -0.3 is 20.1 Å². The topological polar surface area (TPSA) is 120 Å². The summed E-state index contributed by atoms with van der Waals surface area (Å²) in [4.78, 5) is 34.4. The van der Waals surface area contributed by atoms with E-state index in [1.54, 1.807) is 0 Å². The average molecular weight is 409 g/mol. The van der Waals surface area contributed by atoms with E-state index >= 15 is 0 Å². The van der Waals surface area contributed by atoms with Gasteiger partial charge in [0.25, 0.3) is 11.6 Å². The zero-order chi connectivity index (χ0) is 21.4. The van der Waals surface area contributed by atoms with Gasteiger partial charge in [-0.25, -0.2) is 13.6 Å². The van der Waals surface area contributed by atoms with E-state index in [1.807, 2.05) is 5.32 Å². The van der Waals surface area contributed by atoms with Gasteiger partial charge in [-0.15, -0.1) is 0 Å². The molecule has 1 amide bonds. The summed E-state index contributed by atoms with van der Waals surface area (Å²) in [5.74, 6) is -4.00. The molecule has 2 aromatic carbocycles. The molecule has 0 radical (unpaired) electrons. The summed E-state index contributed by atoms with van der Waals surface area (Å²) in [6.07, 6.45) is 0. The molecule has 11 heteroatoms. The molecule has 2 rings (SSSR count). The summed E-state index contributed by atoms with van der Waals surface area (Å²) in [5, 5.41) is 15.8. The van der Waals surface area contributed by atoms with E-state index < -0.39 is 40.7 Å². The van der Waals surface area contributed by atoms with Crippen LogP contribution in [0.4, 0.5) is 25.8 Å². The predicted octanol–water partition coefficient (Wildman–Crippen LogP) is 2.73. The Morgan fingerprint density at radius 1 is 1.17 bits per heavy atom. The summed E-state index contributed by atoms with van der Waals surface area (Å²) >= 11 is 0. The average Bonchev–Trinajstić information content (AvgIpc) is 2.69. The number of carbonyl (C=O) groups is 2. The van der Waals surface area contributed by atoms with Gasteiger partial charge in [0.2, 0.25) is 0 Å². The number of nitro benzene ring substituents is 1. The normalized spacial score (nSPS) is 10.3. The first kappa shape index (κ1) is 21.7. The van der Waals surface area contributed by atoms with E-state index in [-0.39, 0.29) is 16.9 Å². The number of hydrogen-bond donors (Lipinski definition) is 2. The lowest BCUT2D eigenvalue weighted by Gasteiger charge is -2.12. The van der Waals surface area contributed by atoms with Gasteiger partial charge in [0.1, 0.15) is 17.3 Å². The second-order valence-corrected chi connectivity index (χ2v) is 5.63. The standard InChI is InChI=1S/C18H17F2N3O6/c1-28-8-7-21-15-6-5-11(23(26)27)9-12(15)18(25)29-10-16(24)22-17-13(19)3-2-4-14(17)20/h2-6,9,21H,7-8,10H2,1H3,(H,22,24). The molecular formula is C18H17F2N3O6. The first-order chi connectivity index (χ1) is 13.8. The molecule has 29 heavy (non-hydrogen) atoms. The molecule has 0 bridgehead atoms. The van der Waals surface area contributed by atoms with Crippen molar-refractivity contribution in [1.82, 2.24) is 0 Å². The number of hydrogen-bond acceptors (Lipinski definition) is 7. The highest BCUT2D eigenvalue weighted by Crippen LogP contribution is 2.23. The van der Waals surface area contributed by atoms with Crippen molar-refractivity contribution in [2.45, 2.75) is 0 Å². The monoisotopic (exact) mass is 409 g/mol. The van der Waals surface area contributed by atoms with E-state index in [0.717, 1.165) is 24.3 Å². The molecular weight excluding hydrogens is 392 g/mol. The van der Waals surface area contributed by atoms with Crippen molar-refractivity contribution in [3.8, 4) is 0 Å². The van der Waals surface area contributed by atoms with Crippen LogP contribution >= 0.6 is 0 Å². The van der Waals surface area contributed by atoms with Crippen LogP contribution < -0.4 is 10.6 Å². The van der Waals surface area contributed by atoms with Crippen LogP contribution in [0.15, 0.2) is 36.4 Å². The maximum absolute atomic E-state index is 13.6. The molecule has 0 saturated carbocycles. The van der Waals surface area contributed by atoms with Crippen LogP contribution in [0.5, 0.6) is 0 Å². The molecule has 2 N–H and O–H groups in total. The van der Waals surface area contributed by atoms with Crippen LogP contribution in [0, 0.1) is 21.7 Å². The van der Waals surface area contributed by atoms with Crippen LogP contribution in [-0.2, 0) is 14.3 Å². The van der Waals surface area contributed by atoms with Crippen molar-refractivity contribution in [2.24, 2.45) is 0 Å². The van der Waals surface area contributed by atoms with Crippen LogP contribution in [0.25, 0.3) is 0 Å². The highest BCUT2D eigenvalue weighted by molar-refractivity contribution is 5.99. The molecule has 2 aromatic rings. The molecule has 0 atom stereocenters. The number of anilines is 2. The fourth-order valence-corrected chi connectivity index (χ4v) is 2.26. The first-order valence-electron chi connectivity index (χ1n) is 8.25. The van der Waals surface area contributed by atoms with Gasteiger partial charge in [0.15, 0.2) is 6.61 Å². The van der Waals surface area contributed by atoms with Gasteiger partial charge in [0, 0.05) is 31.5 Å². The van der Waals surface area contributed by atoms with Crippen molar-refractivity contribution in [1.29, 1.82) is 0 Å². The largest absolute Gasteiger partial charge is 0.452 e. The highest BCUT2D eigenvalue weighted by Gasteiger charge is 2.20. The predicted molar refractivity (Wildman–Crippen MR) is 98.7 cm³/mol. The summed E-state index contributed by atoms with van der Waals surface area (Å²) in [5.41, 5.74) is -0.976. The zero-order valence-corrected chi connectivity index (χ0v) is 15.2. The van der Waals surface area contributed by atoms with Crippen molar-refractivity contribution in [2.75, 3.05) is 37.5 Å². The summed E-state index contributed by atoms with van der Waals surface area (Å²) in [6.45, 7) is -0.240. The summed E-state index contributed by atoms with van der Waals surface area (Å²) < 4.78 is 36.8. The SMILES string of the molecule is COCCNc1ccc([N+](=O)[O-])cc1C(=O)OCC(=O)Nc1c(F)cccc1F. The third-order valence-electron chi connectivity index (χ3n) is 3.62. The number of rotatable bonds is 9. The summed E-state index contributed by atoms with van der Waals surface area (Å²) in [7, 11) is 1.48. The molecule has 0 spiro atoms. The lowest BCUT2D eigenvalue weighted by Crippen LogP contribution is -2.22. The van der Waals surface area contributed by atoms with Gasteiger partial charge in [0.05, 0.1) is 17.1 Å². The van der Waals surface area contributed by atoms with Crippen molar-refractivity contribution >= 4 is 28.9 Å². The number of esters is 1. The van der Waals surface area contributed by atoms with Crippen LogP contribution in [0.2, 0.25) is 0 Å². The number of amides is 1. The second kappa shape index (κ2) is 10.1. The molecule has 0 fully saturated rings. The number of carbonyl (C=O) groups excluding carboxylic acids is 2. The molecule has 9 nitrogen and oxygen atoms in total.